The maximum absolute atomic E-state index is 13.1. The van der Waals surface area contributed by atoms with Crippen LogP contribution < -0.4 is 5.32 Å². The van der Waals surface area contributed by atoms with Crippen LogP contribution in [0.3, 0.4) is 0 Å². The smallest absolute Gasteiger partial charge is 0.322 e. The second-order valence-electron chi connectivity index (χ2n) is 8.12. The molecular formula is C23H31N5O2. The number of carbonyl (C=O) groups is 2. The van der Waals surface area contributed by atoms with Gasteiger partial charge in [0.1, 0.15) is 6.54 Å². The van der Waals surface area contributed by atoms with Crippen molar-refractivity contribution in [2.75, 3.05) is 18.4 Å². The second-order valence-corrected chi connectivity index (χ2v) is 8.12. The summed E-state index contributed by atoms with van der Waals surface area (Å²) in [5.74, 6) is 0.212. The molecule has 0 saturated carbocycles. The van der Waals surface area contributed by atoms with Gasteiger partial charge in [-0.05, 0) is 50.1 Å². The number of rotatable bonds is 8. The van der Waals surface area contributed by atoms with Gasteiger partial charge >= 0.3 is 6.03 Å². The third-order valence-electron chi connectivity index (χ3n) is 4.78. The lowest BCUT2D eigenvalue weighted by Gasteiger charge is -2.31. The first-order valence-electron chi connectivity index (χ1n) is 10.2. The molecule has 2 rings (SSSR count). The van der Waals surface area contributed by atoms with E-state index in [1.54, 1.807) is 29.2 Å². The van der Waals surface area contributed by atoms with E-state index in [-0.39, 0.29) is 24.5 Å². The van der Waals surface area contributed by atoms with E-state index in [1.165, 1.54) is 4.90 Å². The van der Waals surface area contributed by atoms with E-state index in [2.05, 4.69) is 25.2 Å². The fraction of sp³-hybridized carbons (Fsp3) is 0.435. The van der Waals surface area contributed by atoms with E-state index < -0.39 is 0 Å². The van der Waals surface area contributed by atoms with Gasteiger partial charge in [0.2, 0.25) is 5.91 Å². The quantitative estimate of drug-likeness (QED) is 0.719. The van der Waals surface area contributed by atoms with Crippen molar-refractivity contribution in [2.45, 2.75) is 40.3 Å². The van der Waals surface area contributed by atoms with Gasteiger partial charge in [0.25, 0.3) is 0 Å². The summed E-state index contributed by atoms with van der Waals surface area (Å²) in [6, 6.07) is 12.2. The Morgan fingerprint density at radius 3 is 2.47 bits per heavy atom. The molecule has 0 aliphatic heterocycles. The molecule has 0 bridgehead atoms. The molecule has 0 fully saturated rings. The number of nitrogens with one attached hydrogen (secondary N) is 1. The molecule has 1 aromatic carbocycles. The average molecular weight is 410 g/mol. The highest BCUT2D eigenvalue weighted by Crippen LogP contribution is 2.14. The second kappa shape index (κ2) is 10.5. The Kier molecular flexibility index (Phi) is 8.05. The van der Waals surface area contributed by atoms with Crippen LogP contribution in [0.25, 0.3) is 0 Å². The van der Waals surface area contributed by atoms with Crippen molar-refractivity contribution in [3.8, 4) is 6.07 Å². The van der Waals surface area contributed by atoms with E-state index in [4.69, 9.17) is 5.26 Å². The van der Waals surface area contributed by atoms with Crippen molar-refractivity contribution < 1.29 is 9.59 Å². The van der Waals surface area contributed by atoms with Gasteiger partial charge in [-0.2, -0.15) is 5.26 Å². The molecule has 1 N–H and O–H groups in total. The molecule has 30 heavy (non-hydrogen) atoms. The standard InChI is InChI=1S/C23H31N5O2/c1-17(2)14-27(15-21-10-7-11-26(21)5)22(29)16-28(18(3)4)23(30)25-20-9-6-8-19(12-20)13-24/h6-12,17-18H,14-16H2,1-5H3,(H,25,30). The molecule has 0 unspecified atom stereocenters. The highest BCUT2D eigenvalue weighted by Gasteiger charge is 2.24. The number of nitrogens with zero attached hydrogens (tertiary/aromatic N) is 4. The van der Waals surface area contributed by atoms with Gasteiger partial charge in [-0.25, -0.2) is 4.79 Å². The zero-order valence-corrected chi connectivity index (χ0v) is 18.4. The summed E-state index contributed by atoms with van der Waals surface area (Å²) in [4.78, 5) is 29.3. The highest BCUT2D eigenvalue weighted by atomic mass is 16.2. The number of urea groups is 1. The van der Waals surface area contributed by atoms with Crippen LogP contribution in [-0.2, 0) is 18.4 Å². The van der Waals surface area contributed by atoms with Gasteiger partial charge in [-0.15, -0.1) is 0 Å². The Morgan fingerprint density at radius 1 is 1.17 bits per heavy atom. The van der Waals surface area contributed by atoms with Crippen molar-refractivity contribution in [2.24, 2.45) is 13.0 Å². The van der Waals surface area contributed by atoms with Gasteiger partial charge in [-0.1, -0.05) is 19.9 Å². The van der Waals surface area contributed by atoms with E-state index in [0.29, 0.717) is 30.3 Å². The Morgan fingerprint density at radius 2 is 1.90 bits per heavy atom. The molecule has 2 aromatic rings. The summed E-state index contributed by atoms with van der Waals surface area (Å²) in [5, 5.41) is 11.8. The first-order valence-corrected chi connectivity index (χ1v) is 10.2. The summed E-state index contributed by atoms with van der Waals surface area (Å²) in [7, 11) is 1.95. The van der Waals surface area contributed by atoms with Crippen LogP contribution >= 0.6 is 0 Å². The first-order chi connectivity index (χ1) is 14.2. The largest absolute Gasteiger partial charge is 0.353 e. The topological polar surface area (TPSA) is 81.4 Å². The molecule has 0 spiro atoms. The van der Waals surface area contributed by atoms with E-state index in [9.17, 15) is 9.59 Å². The lowest BCUT2D eigenvalue weighted by Crippen LogP contribution is -2.48. The van der Waals surface area contributed by atoms with Crippen molar-refractivity contribution in [3.05, 3.63) is 53.9 Å². The molecule has 0 aliphatic carbocycles. The van der Waals surface area contributed by atoms with Crippen LogP contribution in [0.4, 0.5) is 10.5 Å². The average Bonchev–Trinajstić information content (AvgIpc) is 3.09. The van der Waals surface area contributed by atoms with Gasteiger partial charge in [0.05, 0.1) is 18.2 Å². The van der Waals surface area contributed by atoms with E-state index >= 15 is 0 Å². The van der Waals surface area contributed by atoms with Gasteiger partial charge in [-0.3, -0.25) is 4.79 Å². The van der Waals surface area contributed by atoms with Crippen LogP contribution in [0.15, 0.2) is 42.6 Å². The lowest BCUT2D eigenvalue weighted by molar-refractivity contribution is -0.133. The lowest BCUT2D eigenvalue weighted by atomic mass is 10.2. The molecule has 0 atom stereocenters. The molecule has 7 heteroatoms. The number of hydrogen-bond acceptors (Lipinski definition) is 3. The minimum atomic E-state index is -0.364. The maximum Gasteiger partial charge on any atom is 0.322 e. The zero-order chi connectivity index (χ0) is 22.3. The Labute approximate surface area is 178 Å². The van der Waals surface area contributed by atoms with Crippen LogP contribution in [0.5, 0.6) is 0 Å². The molecule has 160 valence electrons. The number of nitriles is 1. The van der Waals surface area contributed by atoms with E-state index in [1.807, 2.05) is 43.8 Å². The summed E-state index contributed by atoms with van der Waals surface area (Å²) in [6.07, 6.45) is 1.95. The monoisotopic (exact) mass is 409 g/mol. The third kappa shape index (κ3) is 6.38. The van der Waals surface area contributed by atoms with Gasteiger partial charge < -0.3 is 19.7 Å². The van der Waals surface area contributed by atoms with Gasteiger partial charge in [0.15, 0.2) is 0 Å². The summed E-state index contributed by atoms with van der Waals surface area (Å²) in [6.45, 7) is 8.99. The number of benzene rings is 1. The maximum atomic E-state index is 13.1. The Bertz CT molecular complexity index is 910. The van der Waals surface area contributed by atoms with Crippen LogP contribution in [0.1, 0.15) is 39.0 Å². The Balaban J connectivity index is 2.13. The molecule has 0 aliphatic rings. The molecule has 1 aromatic heterocycles. The molecule has 3 amide bonds. The van der Waals surface area contributed by atoms with Crippen LogP contribution in [0.2, 0.25) is 0 Å². The molecule has 1 heterocycles. The van der Waals surface area contributed by atoms with Crippen LogP contribution in [0, 0.1) is 17.2 Å². The normalized spacial score (nSPS) is 10.7. The number of hydrogen-bond donors (Lipinski definition) is 1. The van der Waals surface area contributed by atoms with Crippen molar-refractivity contribution in [1.82, 2.24) is 14.4 Å². The first kappa shape index (κ1) is 23.0. The van der Waals surface area contributed by atoms with Gasteiger partial charge in [0, 0.05) is 37.2 Å². The number of aryl methyl sites for hydroxylation is 1. The predicted molar refractivity (Wildman–Crippen MR) is 118 cm³/mol. The fourth-order valence-electron chi connectivity index (χ4n) is 3.15. The summed E-state index contributed by atoms with van der Waals surface area (Å²) in [5.41, 5.74) is 2.03. The number of amides is 3. The molecule has 7 nitrogen and oxygen atoms in total. The number of anilines is 1. The highest BCUT2D eigenvalue weighted by molar-refractivity contribution is 5.92. The zero-order valence-electron chi connectivity index (χ0n) is 18.4. The molecular weight excluding hydrogens is 378 g/mol. The minimum Gasteiger partial charge on any atom is -0.353 e. The molecule has 0 saturated heterocycles. The van der Waals surface area contributed by atoms with Crippen LogP contribution in [-0.4, -0.2) is 45.4 Å². The summed E-state index contributed by atoms with van der Waals surface area (Å²) < 4.78 is 2.00. The van der Waals surface area contributed by atoms with Crippen molar-refractivity contribution >= 4 is 17.6 Å². The van der Waals surface area contributed by atoms with Crippen molar-refractivity contribution in [1.29, 1.82) is 5.26 Å². The number of aromatic nitrogens is 1. The predicted octanol–water partition coefficient (Wildman–Crippen LogP) is 3.82. The third-order valence-corrected chi connectivity index (χ3v) is 4.78. The summed E-state index contributed by atoms with van der Waals surface area (Å²) >= 11 is 0. The van der Waals surface area contributed by atoms with Crippen molar-refractivity contribution in [3.63, 3.8) is 0 Å². The SMILES string of the molecule is CC(C)CN(Cc1cccn1C)C(=O)CN(C(=O)Nc1cccc(C#N)c1)C(C)C. The Hall–Kier alpha value is -3.27. The molecule has 0 radical (unpaired) electrons. The van der Waals surface area contributed by atoms with E-state index in [0.717, 1.165) is 5.69 Å². The fourth-order valence-corrected chi connectivity index (χ4v) is 3.15. The number of carbonyl (C=O) groups excluding carboxylic acids is 2. The minimum absolute atomic E-state index is 0.0153.